The van der Waals surface area contributed by atoms with E-state index in [1.165, 1.54) is 12.8 Å². The van der Waals surface area contributed by atoms with Gasteiger partial charge < -0.3 is 0 Å². The van der Waals surface area contributed by atoms with Crippen LogP contribution in [0.15, 0.2) is 0 Å². The first-order chi connectivity index (χ1) is 11.3. The standard InChI is InChI=1S/C22H39P.CH4/c1-2-3-16-23(21-12-4-8-19(17-21)9-5-13-21)22-14-6-10-20(18-22)11-7-15-22;/h19-20H,2-18H2,1H3;1H4. The monoisotopic (exact) mass is 350 g/mol. The molecule has 4 fully saturated rings. The fourth-order valence-corrected chi connectivity index (χ4v) is 12.6. The predicted octanol–water partition coefficient (Wildman–Crippen LogP) is 8.13. The molecule has 0 aromatic carbocycles. The van der Waals surface area contributed by atoms with Crippen LogP contribution in [0.5, 0.6) is 0 Å². The highest BCUT2D eigenvalue weighted by Gasteiger charge is 2.54. The van der Waals surface area contributed by atoms with Crippen molar-refractivity contribution in [3.63, 3.8) is 0 Å². The minimum atomic E-state index is 0. The van der Waals surface area contributed by atoms with E-state index in [-0.39, 0.29) is 15.3 Å². The summed E-state index contributed by atoms with van der Waals surface area (Å²) in [7, 11) is 0.278. The largest absolute Gasteiger partial charge is 0.0939 e. The van der Waals surface area contributed by atoms with Crippen molar-refractivity contribution < 1.29 is 0 Å². The van der Waals surface area contributed by atoms with Gasteiger partial charge in [-0.1, -0.05) is 80.1 Å². The van der Waals surface area contributed by atoms with Crippen LogP contribution < -0.4 is 0 Å². The van der Waals surface area contributed by atoms with Gasteiger partial charge in [0.05, 0.1) is 0 Å². The maximum atomic E-state index is 2.43. The first-order valence-electron chi connectivity index (χ1n) is 11.0. The van der Waals surface area contributed by atoms with Crippen molar-refractivity contribution in [1.29, 1.82) is 0 Å². The van der Waals surface area contributed by atoms with Crippen molar-refractivity contribution in [1.82, 2.24) is 0 Å². The summed E-state index contributed by atoms with van der Waals surface area (Å²) in [5.41, 5.74) is 0. The van der Waals surface area contributed by atoms with E-state index in [4.69, 9.17) is 0 Å². The van der Waals surface area contributed by atoms with E-state index in [0.29, 0.717) is 0 Å². The molecule has 0 amide bonds. The van der Waals surface area contributed by atoms with E-state index in [1.807, 2.05) is 0 Å². The van der Waals surface area contributed by atoms with Crippen molar-refractivity contribution in [3.8, 4) is 0 Å². The Morgan fingerprint density at radius 3 is 1.54 bits per heavy atom. The average molecular weight is 351 g/mol. The number of hydrogen-bond acceptors (Lipinski definition) is 0. The third kappa shape index (κ3) is 3.48. The summed E-state index contributed by atoms with van der Waals surface area (Å²) in [5, 5.41) is 1.70. The summed E-state index contributed by atoms with van der Waals surface area (Å²) in [6, 6.07) is 0. The smallest absolute Gasteiger partial charge is 0.00868 e. The molecule has 0 aromatic heterocycles. The highest BCUT2D eigenvalue weighted by Crippen LogP contribution is 2.74. The lowest BCUT2D eigenvalue weighted by atomic mass is 9.71. The van der Waals surface area contributed by atoms with Crippen LogP contribution in [-0.4, -0.2) is 16.5 Å². The summed E-state index contributed by atoms with van der Waals surface area (Å²) in [6.45, 7) is 2.43. The first kappa shape index (κ1) is 19.2. The van der Waals surface area contributed by atoms with Gasteiger partial charge >= 0.3 is 0 Å². The second kappa shape index (κ2) is 7.98. The second-order valence-electron chi connectivity index (χ2n) is 9.66. The Morgan fingerprint density at radius 2 is 1.17 bits per heavy atom. The molecule has 140 valence electrons. The number of fused-ring (bicyclic) bond motifs is 4. The van der Waals surface area contributed by atoms with Crippen LogP contribution in [0.3, 0.4) is 0 Å². The molecular weight excluding hydrogens is 307 g/mol. The normalized spacial score (nSPS) is 42.9. The molecule has 0 radical (unpaired) electrons. The maximum Gasteiger partial charge on any atom is -0.00868 e. The molecule has 1 heteroatoms. The van der Waals surface area contributed by atoms with Crippen molar-refractivity contribution >= 4 is 7.92 Å². The van der Waals surface area contributed by atoms with Gasteiger partial charge in [-0.05, 0) is 73.3 Å². The van der Waals surface area contributed by atoms with Crippen LogP contribution in [0.25, 0.3) is 0 Å². The van der Waals surface area contributed by atoms with Gasteiger partial charge in [0, 0.05) is 0 Å². The third-order valence-corrected chi connectivity index (χ3v) is 12.5. The SMILES string of the molecule is C.CCCCP(C12CCCC(CCC1)C2)C12CCCC(CCC1)C2. The van der Waals surface area contributed by atoms with E-state index in [9.17, 15) is 0 Å². The Labute approximate surface area is 153 Å². The van der Waals surface area contributed by atoms with Crippen molar-refractivity contribution in [2.24, 2.45) is 11.8 Å². The number of unbranched alkanes of at least 4 members (excludes halogenated alkanes) is 1. The van der Waals surface area contributed by atoms with Crippen LogP contribution in [0.2, 0.25) is 0 Å². The van der Waals surface area contributed by atoms with Crippen LogP contribution >= 0.6 is 7.92 Å². The Kier molecular flexibility index (Phi) is 6.38. The molecule has 0 unspecified atom stereocenters. The molecule has 0 nitrogen and oxygen atoms in total. The molecule has 0 atom stereocenters. The van der Waals surface area contributed by atoms with Crippen molar-refractivity contribution in [2.45, 2.75) is 127 Å². The topological polar surface area (TPSA) is 0 Å². The molecule has 0 aliphatic heterocycles. The molecule has 4 saturated carbocycles. The molecular formula is C23H43P. The summed E-state index contributed by atoms with van der Waals surface area (Å²) in [4.78, 5) is 0. The van der Waals surface area contributed by atoms with Gasteiger partial charge in [0.25, 0.3) is 0 Å². The van der Waals surface area contributed by atoms with Gasteiger partial charge in [-0.2, -0.15) is 0 Å². The van der Waals surface area contributed by atoms with Crippen LogP contribution in [0.1, 0.15) is 117 Å². The highest BCUT2D eigenvalue weighted by molar-refractivity contribution is 7.61. The summed E-state index contributed by atoms with van der Waals surface area (Å²) in [6.07, 6.45) is 27.1. The Bertz CT molecular complexity index is 347. The van der Waals surface area contributed by atoms with E-state index < -0.39 is 0 Å². The Hall–Kier alpha value is 0.430. The lowest BCUT2D eigenvalue weighted by molar-refractivity contribution is 0.186. The molecule has 0 spiro atoms. The molecule has 4 aliphatic rings. The Morgan fingerprint density at radius 1 is 0.750 bits per heavy atom. The van der Waals surface area contributed by atoms with Gasteiger partial charge in [-0.15, -0.1) is 0 Å². The summed E-state index contributed by atoms with van der Waals surface area (Å²) in [5.74, 6) is 2.26. The average Bonchev–Trinajstić information content (AvgIpc) is 2.55. The van der Waals surface area contributed by atoms with E-state index >= 15 is 0 Å². The minimum absolute atomic E-state index is 0. The molecule has 4 aliphatic carbocycles. The second-order valence-corrected chi connectivity index (χ2v) is 12.9. The molecule has 0 aromatic rings. The molecule has 0 heterocycles. The molecule has 4 bridgehead atoms. The van der Waals surface area contributed by atoms with Gasteiger partial charge in [-0.3, -0.25) is 0 Å². The molecule has 0 N–H and O–H groups in total. The zero-order valence-corrected chi connectivity index (χ0v) is 16.5. The van der Waals surface area contributed by atoms with Crippen LogP contribution in [0.4, 0.5) is 0 Å². The van der Waals surface area contributed by atoms with Gasteiger partial charge in [-0.25, -0.2) is 0 Å². The number of rotatable bonds is 5. The predicted molar refractivity (Wildman–Crippen MR) is 111 cm³/mol. The Balaban J connectivity index is 0.00000169. The fourth-order valence-electron chi connectivity index (χ4n) is 7.36. The van der Waals surface area contributed by atoms with E-state index in [0.717, 1.165) is 22.1 Å². The van der Waals surface area contributed by atoms with Gasteiger partial charge in [0.15, 0.2) is 0 Å². The lowest BCUT2D eigenvalue weighted by Gasteiger charge is -2.60. The minimum Gasteiger partial charge on any atom is -0.0939 e. The van der Waals surface area contributed by atoms with E-state index in [2.05, 4.69) is 6.92 Å². The highest BCUT2D eigenvalue weighted by atomic mass is 31.1. The first-order valence-corrected chi connectivity index (χ1v) is 12.6. The quantitative estimate of drug-likeness (QED) is 0.439. The van der Waals surface area contributed by atoms with Gasteiger partial charge in [0.2, 0.25) is 0 Å². The molecule has 24 heavy (non-hydrogen) atoms. The lowest BCUT2D eigenvalue weighted by Crippen LogP contribution is -2.47. The fraction of sp³-hybridized carbons (Fsp3) is 1.00. The van der Waals surface area contributed by atoms with Gasteiger partial charge in [0.1, 0.15) is 0 Å². The van der Waals surface area contributed by atoms with Crippen molar-refractivity contribution in [3.05, 3.63) is 0 Å². The molecule has 4 rings (SSSR count). The summed E-state index contributed by atoms with van der Waals surface area (Å²) < 4.78 is 0. The zero-order valence-electron chi connectivity index (χ0n) is 15.6. The summed E-state index contributed by atoms with van der Waals surface area (Å²) >= 11 is 0. The van der Waals surface area contributed by atoms with Crippen molar-refractivity contribution in [2.75, 3.05) is 6.16 Å². The van der Waals surface area contributed by atoms with Crippen LogP contribution in [-0.2, 0) is 0 Å². The van der Waals surface area contributed by atoms with Crippen LogP contribution in [0, 0.1) is 11.8 Å². The molecule has 0 saturated heterocycles. The zero-order chi connectivity index (χ0) is 15.8. The maximum absolute atomic E-state index is 2.43. The number of hydrogen-bond donors (Lipinski definition) is 0. The third-order valence-electron chi connectivity index (χ3n) is 8.24. The van der Waals surface area contributed by atoms with E-state index in [1.54, 1.807) is 96.1 Å².